The molecule has 0 heterocycles. The van der Waals surface area contributed by atoms with Crippen LogP contribution in [0.1, 0.15) is 12.0 Å². The van der Waals surface area contributed by atoms with Gasteiger partial charge in [0.25, 0.3) is 5.69 Å². The number of nitrogens with zero attached hydrogens (tertiary/aromatic N) is 1. The van der Waals surface area contributed by atoms with E-state index in [1.165, 1.54) is 18.2 Å². The second-order valence-electron chi connectivity index (χ2n) is 5.16. The molecule has 7 nitrogen and oxygen atoms in total. The van der Waals surface area contributed by atoms with Gasteiger partial charge in [-0.05, 0) is 46.1 Å². The topological polar surface area (TPSA) is 90.7 Å². The van der Waals surface area contributed by atoms with Crippen LogP contribution in [0.2, 0.25) is 0 Å². The molecule has 0 aromatic heterocycles. The third-order valence-electron chi connectivity index (χ3n) is 3.52. The van der Waals surface area contributed by atoms with Gasteiger partial charge in [0, 0.05) is 23.0 Å². The number of rotatable bonds is 7. The Kier molecular flexibility index (Phi) is 6.35. The molecule has 0 aliphatic heterocycles. The zero-order chi connectivity index (χ0) is 18.4. The summed E-state index contributed by atoms with van der Waals surface area (Å²) in [6.45, 7) is 0. The van der Waals surface area contributed by atoms with Crippen LogP contribution in [0.3, 0.4) is 0 Å². The maximum atomic E-state index is 12.1. The molecule has 8 heteroatoms. The highest BCUT2D eigenvalue weighted by Gasteiger charge is 2.12. The summed E-state index contributed by atoms with van der Waals surface area (Å²) in [7, 11) is 3.11. The summed E-state index contributed by atoms with van der Waals surface area (Å²) in [6, 6.07) is 9.67. The summed E-state index contributed by atoms with van der Waals surface area (Å²) in [5.41, 5.74) is 1.20. The number of carbonyl (C=O) groups excluding carboxylic acids is 1. The number of halogens is 1. The third-order valence-corrected chi connectivity index (χ3v) is 4.22. The van der Waals surface area contributed by atoms with Crippen LogP contribution in [-0.4, -0.2) is 25.1 Å². The zero-order valence-electron chi connectivity index (χ0n) is 13.7. The highest BCUT2D eigenvalue weighted by atomic mass is 79.9. The van der Waals surface area contributed by atoms with E-state index < -0.39 is 4.92 Å². The van der Waals surface area contributed by atoms with Crippen molar-refractivity contribution in [3.05, 3.63) is 56.5 Å². The van der Waals surface area contributed by atoms with E-state index in [9.17, 15) is 14.9 Å². The van der Waals surface area contributed by atoms with E-state index in [1.807, 2.05) is 12.1 Å². The van der Waals surface area contributed by atoms with Crippen molar-refractivity contribution in [2.75, 3.05) is 19.5 Å². The largest absolute Gasteiger partial charge is 0.493 e. The van der Waals surface area contributed by atoms with Gasteiger partial charge in [0.2, 0.25) is 5.91 Å². The van der Waals surface area contributed by atoms with Crippen molar-refractivity contribution in [2.45, 2.75) is 12.8 Å². The minimum absolute atomic E-state index is 0.0848. The van der Waals surface area contributed by atoms with Crippen molar-refractivity contribution in [3.8, 4) is 11.5 Å². The molecule has 0 aliphatic carbocycles. The minimum atomic E-state index is -0.508. The molecule has 132 valence electrons. The molecule has 0 fully saturated rings. The Morgan fingerprint density at radius 1 is 1.16 bits per heavy atom. The van der Waals surface area contributed by atoms with Crippen LogP contribution in [0.15, 0.2) is 40.9 Å². The lowest BCUT2D eigenvalue weighted by atomic mass is 10.1. The summed E-state index contributed by atoms with van der Waals surface area (Å²) in [6.07, 6.45) is 0.726. The van der Waals surface area contributed by atoms with E-state index in [0.717, 1.165) is 5.56 Å². The fourth-order valence-electron chi connectivity index (χ4n) is 2.23. The van der Waals surface area contributed by atoms with Gasteiger partial charge < -0.3 is 14.8 Å². The van der Waals surface area contributed by atoms with Crippen LogP contribution in [0.5, 0.6) is 11.5 Å². The van der Waals surface area contributed by atoms with E-state index >= 15 is 0 Å². The first-order chi connectivity index (χ1) is 11.9. The van der Waals surface area contributed by atoms with Gasteiger partial charge in [-0.25, -0.2) is 0 Å². The van der Waals surface area contributed by atoms with Crippen molar-refractivity contribution in [1.29, 1.82) is 0 Å². The van der Waals surface area contributed by atoms with Crippen molar-refractivity contribution in [3.63, 3.8) is 0 Å². The van der Waals surface area contributed by atoms with E-state index in [-0.39, 0.29) is 18.0 Å². The van der Waals surface area contributed by atoms with Gasteiger partial charge in [-0.15, -0.1) is 0 Å². The third kappa shape index (κ3) is 4.93. The normalized spacial score (nSPS) is 10.2. The highest BCUT2D eigenvalue weighted by molar-refractivity contribution is 9.10. The van der Waals surface area contributed by atoms with Crippen LogP contribution in [0.4, 0.5) is 11.4 Å². The van der Waals surface area contributed by atoms with Gasteiger partial charge in [0.15, 0.2) is 11.5 Å². The number of amides is 1. The number of anilines is 1. The van der Waals surface area contributed by atoms with Crippen molar-refractivity contribution in [1.82, 2.24) is 0 Å². The number of non-ortho nitro benzene ring substituents is 1. The van der Waals surface area contributed by atoms with Gasteiger partial charge in [0.1, 0.15) is 0 Å². The fourth-order valence-corrected chi connectivity index (χ4v) is 2.58. The standard InChI is InChI=1S/C17H17BrN2O5/c1-24-15-7-3-11(9-16(15)25-2)4-8-17(21)19-14-10-12(20(22)23)5-6-13(14)18/h3,5-7,9-10H,4,8H2,1-2H3,(H,19,21). The number of hydrogen-bond donors (Lipinski definition) is 1. The summed E-state index contributed by atoms with van der Waals surface area (Å²) >= 11 is 3.27. The predicted octanol–water partition coefficient (Wildman–Crippen LogP) is 3.95. The molecular weight excluding hydrogens is 392 g/mol. The van der Waals surface area contributed by atoms with Crippen LogP contribution in [-0.2, 0) is 11.2 Å². The molecule has 0 aliphatic rings. The molecule has 25 heavy (non-hydrogen) atoms. The molecular formula is C17H17BrN2O5. The van der Waals surface area contributed by atoms with Crippen LogP contribution >= 0.6 is 15.9 Å². The number of hydrogen-bond acceptors (Lipinski definition) is 5. The Hall–Kier alpha value is -2.61. The molecule has 1 N–H and O–H groups in total. The van der Waals surface area contributed by atoms with Gasteiger partial charge in [-0.2, -0.15) is 0 Å². The molecule has 2 aromatic carbocycles. The minimum Gasteiger partial charge on any atom is -0.493 e. The molecule has 0 radical (unpaired) electrons. The smallest absolute Gasteiger partial charge is 0.271 e. The number of aryl methyl sites for hydroxylation is 1. The molecule has 0 saturated heterocycles. The summed E-state index contributed by atoms with van der Waals surface area (Å²) in [5, 5.41) is 13.5. The van der Waals surface area contributed by atoms with Crippen molar-refractivity contribution in [2.24, 2.45) is 0 Å². The number of ether oxygens (including phenoxy) is 2. The number of methoxy groups -OCH3 is 2. The second kappa shape index (κ2) is 8.48. The maximum absolute atomic E-state index is 12.1. The van der Waals surface area contributed by atoms with E-state index in [0.29, 0.717) is 28.1 Å². The maximum Gasteiger partial charge on any atom is 0.271 e. The average Bonchev–Trinajstić information content (AvgIpc) is 2.61. The Labute approximate surface area is 153 Å². The van der Waals surface area contributed by atoms with Gasteiger partial charge >= 0.3 is 0 Å². The van der Waals surface area contributed by atoms with Gasteiger partial charge in [-0.1, -0.05) is 6.07 Å². The summed E-state index contributed by atoms with van der Waals surface area (Å²) in [4.78, 5) is 22.5. The van der Waals surface area contributed by atoms with Gasteiger partial charge in [-0.3, -0.25) is 14.9 Å². The number of benzene rings is 2. The zero-order valence-corrected chi connectivity index (χ0v) is 15.3. The first kappa shape index (κ1) is 18.7. The van der Waals surface area contributed by atoms with Crippen LogP contribution in [0, 0.1) is 10.1 Å². The number of nitrogens with one attached hydrogen (secondary N) is 1. The molecule has 0 saturated carbocycles. The first-order valence-corrected chi connectivity index (χ1v) is 8.18. The van der Waals surface area contributed by atoms with Crippen LogP contribution < -0.4 is 14.8 Å². The Balaban J connectivity index is 2.02. The molecule has 0 unspecified atom stereocenters. The molecule has 0 atom stereocenters. The lowest BCUT2D eigenvalue weighted by Gasteiger charge is -2.10. The molecule has 0 spiro atoms. The Morgan fingerprint density at radius 2 is 1.88 bits per heavy atom. The quantitative estimate of drug-likeness (QED) is 0.553. The molecule has 0 bridgehead atoms. The fraction of sp³-hybridized carbons (Fsp3) is 0.235. The molecule has 2 rings (SSSR count). The highest BCUT2D eigenvalue weighted by Crippen LogP contribution is 2.29. The van der Waals surface area contributed by atoms with E-state index in [2.05, 4.69) is 21.2 Å². The Bertz CT molecular complexity index is 795. The Morgan fingerprint density at radius 3 is 2.52 bits per heavy atom. The number of carbonyl (C=O) groups is 1. The summed E-state index contributed by atoms with van der Waals surface area (Å²) < 4.78 is 11.0. The second-order valence-corrected chi connectivity index (χ2v) is 6.01. The SMILES string of the molecule is COc1ccc(CCC(=O)Nc2cc([N+](=O)[O-])ccc2Br)cc1OC. The number of nitro groups is 1. The van der Waals surface area contributed by atoms with Gasteiger partial charge in [0.05, 0.1) is 24.8 Å². The monoisotopic (exact) mass is 408 g/mol. The van der Waals surface area contributed by atoms with E-state index in [1.54, 1.807) is 20.3 Å². The molecule has 1 amide bonds. The van der Waals surface area contributed by atoms with Crippen LogP contribution in [0.25, 0.3) is 0 Å². The average molecular weight is 409 g/mol. The summed E-state index contributed by atoms with van der Waals surface area (Å²) in [5.74, 6) is 0.981. The number of nitro benzene ring substituents is 1. The lowest BCUT2D eigenvalue weighted by Crippen LogP contribution is -2.13. The predicted molar refractivity (Wildman–Crippen MR) is 97.3 cm³/mol. The van der Waals surface area contributed by atoms with Crippen molar-refractivity contribution >= 4 is 33.2 Å². The molecule has 2 aromatic rings. The first-order valence-electron chi connectivity index (χ1n) is 7.39. The van der Waals surface area contributed by atoms with Crippen molar-refractivity contribution < 1.29 is 19.2 Å². The lowest BCUT2D eigenvalue weighted by molar-refractivity contribution is -0.384. The van der Waals surface area contributed by atoms with E-state index in [4.69, 9.17) is 9.47 Å².